The molecule has 104 valence electrons. The molecule has 1 amide bonds. The van der Waals surface area contributed by atoms with Gasteiger partial charge in [0.2, 0.25) is 5.91 Å². The number of nitrogens with zero attached hydrogens (tertiary/aromatic N) is 2. The number of hydrogen-bond donors (Lipinski definition) is 2. The van der Waals surface area contributed by atoms with Crippen LogP contribution in [0.2, 0.25) is 0 Å². The molecule has 5 heteroatoms. The van der Waals surface area contributed by atoms with Crippen LogP contribution in [0.3, 0.4) is 0 Å². The summed E-state index contributed by atoms with van der Waals surface area (Å²) >= 11 is 0. The van der Waals surface area contributed by atoms with Gasteiger partial charge in [0.05, 0.1) is 12.6 Å². The predicted octanol–water partition coefficient (Wildman–Crippen LogP) is 0.957. The van der Waals surface area contributed by atoms with Gasteiger partial charge in [-0.3, -0.25) is 4.79 Å². The normalized spacial score (nSPS) is 30.1. The van der Waals surface area contributed by atoms with Crippen molar-refractivity contribution in [3.05, 3.63) is 18.2 Å². The van der Waals surface area contributed by atoms with Crippen molar-refractivity contribution in [3.63, 3.8) is 0 Å². The number of fused-ring (bicyclic) bond motifs is 1. The second-order valence-electron chi connectivity index (χ2n) is 5.78. The van der Waals surface area contributed by atoms with Gasteiger partial charge in [0, 0.05) is 25.5 Å². The lowest BCUT2D eigenvalue weighted by molar-refractivity contribution is -0.123. The zero-order valence-electron chi connectivity index (χ0n) is 11.4. The van der Waals surface area contributed by atoms with E-state index in [-0.39, 0.29) is 11.9 Å². The molecule has 1 saturated carbocycles. The third kappa shape index (κ3) is 2.66. The molecule has 2 heterocycles. The first-order valence-electron chi connectivity index (χ1n) is 7.24. The van der Waals surface area contributed by atoms with Gasteiger partial charge in [0.25, 0.3) is 0 Å². The van der Waals surface area contributed by atoms with Crippen molar-refractivity contribution in [2.75, 3.05) is 0 Å². The summed E-state index contributed by atoms with van der Waals surface area (Å²) in [5, 5.41) is 6.49. The van der Waals surface area contributed by atoms with Crippen LogP contribution in [0.25, 0.3) is 0 Å². The van der Waals surface area contributed by atoms with Crippen molar-refractivity contribution in [2.24, 2.45) is 13.0 Å². The average Bonchev–Trinajstić information content (AvgIpc) is 3.01. The van der Waals surface area contributed by atoms with Gasteiger partial charge in [-0.25, -0.2) is 4.98 Å². The molecule has 0 aromatic carbocycles. The molecule has 3 unspecified atom stereocenters. The number of rotatable bonds is 3. The lowest BCUT2D eigenvalue weighted by Crippen LogP contribution is -2.43. The number of aromatic nitrogens is 2. The van der Waals surface area contributed by atoms with Gasteiger partial charge in [-0.2, -0.15) is 0 Å². The van der Waals surface area contributed by atoms with Gasteiger partial charge in [-0.15, -0.1) is 0 Å². The third-order valence-corrected chi connectivity index (χ3v) is 4.52. The Morgan fingerprint density at radius 2 is 2.37 bits per heavy atom. The highest BCUT2D eigenvalue weighted by molar-refractivity contribution is 5.82. The van der Waals surface area contributed by atoms with Crippen molar-refractivity contribution in [3.8, 4) is 0 Å². The monoisotopic (exact) mass is 262 g/mol. The molecule has 1 saturated heterocycles. The Hall–Kier alpha value is -1.36. The van der Waals surface area contributed by atoms with Crippen LogP contribution in [0.1, 0.15) is 37.9 Å². The highest BCUT2D eigenvalue weighted by Crippen LogP contribution is 2.33. The molecule has 0 spiro atoms. The van der Waals surface area contributed by atoms with E-state index in [0.29, 0.717) is 18.5 Å². The molecule has 3 atom stereocenters. The summed E-state index contributed by atoms with van der Waals surface area (Å²) in [4.78, 5) is 16.4. The summed E-state index contributed by atoms with van der Waals surface area (Å²) in [6.07, 6.45) is 9.78. The maximum Gasteiger partial charge on any atom is 0.237 e. The molecule has 1 aromatic rings. The van der Waals surface area contributed by atoms with Crippen LogP contribution in [0.15, 0.2) is 12.4 Å². The molecule has 2 fully saturated rings. The van der Waals surface area contributed by atoms with E-state index in [1.807, 2.05) is 17.8 Å². The molecular weight excluding hydrogens is 240 g/mol. The van der Waals surface area contributed by atoms with E-state index < -0.39 is 0 Å². The van der Waals surface area contributed by atoms with Gasteiger partial charge < -0.3 is 15.2 Å². The Morgan fingerprint density at radius 3 is 3.11 bits per heavy atom. The van der Waals surface area contributed by atoms with E-state index in [0.717, 1.165) is 12.2 Å². The number of amides is 1. The molecule has 0 bridgehead atoms. The SMILES string of the molecule is Cn1ccnc1CNC(=O)C1CC2CCCCC2N1. The first-order chi connectivity index (χ1) is 9.24. The predicted molar refractivity (Wildman–Crippen MR) is 72.3 cm³/mol. The average molecular weight is 262 g/mol. The Bertz CT molecular complexity index is 442. The first kappa shape index (κ1) is 12.7. The van der Waals surface area contributed by atoms with E-state index in [2.05, 4.69) is 15.6 Å². The summed E-state index contributed by atoms with van der Waals surface area (Å²) in [5.74, 6) is 1.72. The largest absolute Gasteiger partial charge is 0.348 e. The lowest BCUT2D eigenvalue weighted by atomic mass is 9.85. The van der Waals surface area contributed by atoms with Crippen LogP contribution >= 0.6 is 0 Å². The third-order valence-electron chi connectivity index (χ3n) is 4.52. The summed E-state index contributed by atoms with van der Waals surface area (Å²) < 4.78 is 1.93. The molecule has 19 heavy (non-hydrogen) atoms. The number of carbonyl (C=O) groups excluding carboxylic acids is 1. The Labute approximate surface area is 113 Å². The molecule has 1 aliphatic heterocycles. The molecule has 1 aromatic heterocycles. The minimum absolute atomic E-state index is 0.00614. The van der Waals surface area contributed by atoms with Gasteiger partial charge in [0.1, 0.15) is 5.82 Å². The Balaban J connectivity index is 1.52. The van der Waals surface area contributed by atoms with Gasteiger partial charge in [-0.1, -0.05) is 12.8 Å². The van der Waals surface area contributed by atoms with Crippen LogP contribution in [-0.2, 0) is 18.4 Å². The number of carbonyl (C=O) groups is 1. The molecular formula is C14H22N4O. The van der Waals surface area contributed by atoms with Crippen LogP contribution in [0, 0.1) is 5.92 Å². The summed E-state index contributed by atoms with van der Waals surface area (Å²) in [7, 11) is 1.94. The van der Waals surface area contributed by atoms with Gasteiger partial charge in [0.15, 0.2) is 0 Å². The van der Waals surface area contributed by atoms with Crippen molar-refractivity contribution in [1.29, 1.82) is 0 Å². The van der Waals surface area contributed by atoms with Crippen molar-refractivity contribution >= 4 is 5.91 Å². The summed E-state index contributed by atoms with van der Waals surface area (Å²) in [5.41, 5.74) is 0. The molecule has 2 aliphatic rings. The number of imidazole rings is 1. The minimum Gasteiger partial charge on any atom is -0.348 e. The zero-order valence-corrected chi connectivity index (χ0v) is 11.4. The van der Waals surface area contributed by atoms with E-state index in [4.69, 9.17) is 0 Å². The minimum atomic E-state index is -0.00614. The molecule has 2 N–H and O–H groups in total. The van der Waals surface area contributed by atoms with Crippen molar-refractivity contribution in [2.45, 2.75) is 50.7 Å². The number of aryl methyl sites for hydroxylation is 1. The van der Waals surface area contributed by atoms with Crippen LogP contribution < -0.4 is 10.6 Å². The first-order valence-corrected chi connectivity index (χ1v) is 7.24. The maximum absolute atomic E-state index is 12.2. The molecule has 3 rings (SSSR count). The van der Waals surface area contributed by atoms with E-state index in [1.54, 1.807) is 6.20 Å². The van der Waals surface area contributed by atoms with Gasteiger partial charge >= 0.3 is 0 Å². The fraction of sp³-hybridized carbons (Fsp3) is 0.714. The zero-order chi connectivity index (χ0) is 13.2. The topological polar surface area (TPSA) is 59.0 Å². The standard InChI is InChI=1S/C14H22N4O/c1-18-7-6-15-13(18)9-16-14(19)12-8-10-4-2-3-5-11(10)17-12/h6-7,10-12,17H,2-5,8-9H2,1H3,(H,16,19). The number of nitrogens with one attached hydrogen (secondary N) is 2. The molecule has 5 nitrogen and oxygen atoms in total. The van der Waals surface area contributed by atoms with E-state index in [9.17, 15) is 4.79 Å². The fourth-order valence-electron chi connectivity index (χ4n) is 3.38. The van der Waals surface area contributed by atoms with Crippen LogP contribution in [-0.4, -0.2) is 27.5 Å². The van der Waals surface area contributed by atoms with Crippen molar-refractivity contribution < 1.29 is 4.79 Å². The van der Waals surface area contributed by atoms with Gasteiger partial charge in [-0.05, 0) is 25.2 Å². The second kappa shape index (κ2) is 5.33. The highest BCUT2D eigenvalue weighted by Gasteiger charge is 2.38. The van der Waals surface area contributed by atoms with Crippen molar-refractivity contribution in [1.82, 2.24) is 20.2 Å². The molecule has 1 aliphatic carbocycles. The highest BCUT2D eigenvalue weighted by atomic mass is 16.2. The Kier molecular flexibility index (Phi) is 3.55. The summed E-state index contributed by atoms with van der Waals surface area (Å²) in [6.45, 7) is 0.510. The lowest BCUT2D eigenvalue weighted by Gasteiger charge is -2.24. The van der Waals surface area contributed by atoms with Crippen LogP contribution in [0.4, 0.5) is 0 Å². The summed E-state index contributed by atoms with van der Waals surface area (Å²) in [6, 6.07) is 0.561. The molecule has 0 radical (unpaired) electrons. The second-order valence-corrected chi connectivity index (χ2v) is 5.78. The smallest absolute Gasteiger partial charge is 0.237 e. The van der Waals surface area contributed by atoms with E-state index >= 15 is 0 Å². The number of hydrogen-bond acceptors (Lipinski definition) is 3. The Morgan fingerprint density at radius 1 is 1.53 bits per heavy atom. The van der Waals surface area contributed by atoms with Crippen LogP contribution in [0.5, 0.6) is 0 Å². The van der Waals surface area contributed by atoms with E-state index in [1.165, 1.54) is 25.7 Å². The maximum atomic E-state index is 12.2. The quantitative estimate of drug-likeness (QED) is 0.853. The fourth-order valence-corrected chi connectivity index (χ4v) is 3.38.